The molecule has 1 aliphatic rings. The van der Waals surface area contributed by atoms with Gasteiger partial charge in [0.2, 0.25) is 4.77 Å². The largest absolute Gasteiger partial charge is 0.490 e. The minimum absolute atomic E-state index is 0.384. The van der Waals surface area contributed by atoms with E-state index in [0.29, 0.717) is 10.8 Å². The molecule has 1 aliphatic heterocycles. The number of phosphoric acid groups is 3. The zero-order chi connectivity index (χ0) is 21.5. The Labute approximate surface area is 159 Å². The number of halogens is 2. The number of aromatic nitrogens is 2. The summed E-state index contributed by atoms with van der Waals surface area (Å²) in [6.07, 6.45) is -5.55. The van der Waals surface area contributed by atoms with E-state index >= 15 is 0 Å². The highest BCUT2D eigenvalue weighted by atomic mass is 32.1. The van der Waals surface area contributed by atoms with Crippen LogP contribution in [0, 0.1) is 10.6 Å². The molecule has 1 saturated heterocycles. The molecule has 0 bridgehead atoms. The molecule has 0 aliphatic carbocycles. The number of phosphoric ester groups is 1. The quantitative estimate of drug-likeness (QED) is 0.270. The first-order chi connectivity index (χ1) is 12.6. The molecule has 2 unspecified atom stereocenters. The molecule has 6 N–H and O–H groups in total. The van der Waals surface area contributed by atoms with E-state index in [0.717, 1.165) is 0 Å². The Morgan fingerprint density at radius 3 is 2.43 bits per heavy atom. The lowest BCUT2D eigenvalue weighted by Gasteiger charge is -2.20. The Bertz CT molecular complexity index is 955. The van der Waals surface area contributed by atoms with Crippen LogP contribution in [-0.2, 0) is 31.6 Å². The van der Waals surface area contributed by atoms with E-state index in [1.165, 1.54) is 0 Å². The van der Waals surface area contributed by atoms with Gasteiger partial charge < -0.3 is 30.0 Å². The van der Waals surface area contributed by atoms with Gasteiger partial charge in [-0.25, -0.2) is 22.5 Å². The monoisotopic (exact) mass is 489 g/mol. The molecular formula is C8H12F2N3O11P3S. The Kier molecular flexibility index (Phi) is 6.93. The summed E-state index contributed by atoms with van der Waals surface area (Å²) in [7, 11) is -16.9. The lowest BCUT2D eigenvalue weighted by molar-refractivity contribution is -0.112. The van der Waals surface area contributed by atoms with E-state index in [-0.39, 0.29) is 4.77 Å². The number of nitrogen functional groups attached to an aromatic ring is 1. The van der Waals surface area contributed by atoms with E-state index in [4.69, 9.17) is 37.4 Å². The molecule has 28 heavy (non-hydrogen) atoms. The second-order valence-corrected chi connectivity index (χ2v) is 9.81. The predicted molar refractivity (Wildman–Crippen MR) is 85.8 cm³/mol. The summed E-state index contributed by atoms with van der Waals surface area (Å²) in [5.74, 6) is -1.61. The van der Waals surface area contributed by atoms with Crippen LogP contribution in [0.2, 0.25) is 0 Å². The van der Waals surface area contributed by atoms with Crippen LogP contribution in [0.25, 0.3) is 0 Å². The number of nitrogens with zero attached hydrogens (tertiary/aromatic N) is 2. The molecule has 20 heteroatoms. The molecule has 1 fully saturated rings. The first-order valence-corrected chi connectivity index (χ1v) is 11.7. The minimum Gasteiger partial charge on any atom is -0.381 e. The number of anilines is 1. The van der Waals surface area contributed by atoms with Crippen LogP contribution < -0.4 is 5.73 Å². The standard InChI is InChI=1S/C8H12F2N3O11P3S/c9-3-1-5(21-7(3)13-2-4(10)6(11)12-8(13)28)22-26(17,18)24-27(19,20)23-25(14,15)16/h2-3,5,7H,1H2,(H,17,18)(H,19,20)(H2,11,12,28)(H2,14,15,16)/t3-,5+,7+/m0/s1. The highest BCUT2D eigenvalue weighted by Gasteiger charge is 2.46. The molecule has 14 nitrogen and oxygen atoms in total. The Balaban J connectivity index is 2.11. The molecule has 0 saturated carbocycles. The Hall–Kier alpha value is -0.670. The summed E-state index contributed by atoms with van der Waals surface area (Å²) >= 11 is 4.79. The molecule has 2 rings (SSSR count). The number of alkyl halides is 1. The van der Waals surface area contributed by atoms with Crippen molar-refractivity contribution in [1.29, 1.82) is 0 Å². The first kappa shape index (κ1) is 23.6. The van der Waals surface area contributed by atoms with E-state index in [1.807, 2.05) is 0 Å². The minimum atomic E-state index is -5.75. The number of hydrogen-bond acceptors (Lipinski definition) is 10. The molecule has 0 spiro atoms. The number of hydrogen-bond donors (Lipinski definition) is 5. The van der Waals surface area contributed by atoms with Crippen LogP contribution in [0.1, 0.15) is 12.6 Å². The van der Waals surface area contributed by atoms with Gasteiger partial charge in [0.1, 0.15) is 0 Å². The van der Waals surface area contributed by atoms with Gasteiger partial charge in [-0.3, -0.25) is 9.09 Å². The maximum absolute atomic E-state index is 14.2. The zero-order valence-corrected chi connectivity index (χ0v) is 16.6. The molecule has 2 heterocycles. The van der Waals surface area contributed by atoms with Crippen LogP contribution in [0.15, 0.2) is 6.20 Å². The summed E-state index contributed by atoms with van der Waals surface area (Å²) < 4.78 is 77.8. The van der Waals surface area contributed by atoms with Gasteiger partial charge in [0, 0.05) is 12.6 Å². The van der Waals surface area contributed by atoms with Crippen molar-refractivity contribution in [2.24, 2.45) is 0 Å². The SMILES string of the molecule is Nc1nc(=S)n([C@@H]2O[C@H](OP(=O)(O)OP(=O)(O)OP(=O)(O)O)C[C@@H]2F)cc1F. The van der Waals surface area contributed by atoms with E-state index in [2.05, 4.69) is 18.1 Å². The second kappa shape index (κ2) is 8.22. The molecule has 0 aromatic carbocycles. The Morgan fingerprint density at radius 1 is 1.25 bits per heavy atom. The van der Waals surface area contributed by atoms with Crippen molar-refractivity contribution < 1.29 is 59.9 Å². The van der Waals surface area contributed by atoms with Crippen molar-refractivity contribution in [2.75, 3.05) is 5.73 Å². The van der Waals surface area contributed by atoms with Gasteiger partial charge in [-0.05, 0) is 12.2 Å². The van der Waals surface area contributed by atoms with Gasteiger partial charge in [0.25, 0.3) is 0 Å². The molecule has 1 aromatic rings. The highest BCUT2D eigenvalue weighted by Crippen LogP contribution is 2.67. The smallest absolute Gasteiger partial charge is 0.381 e. The summed E-state index contributed by atoms with van der Waals surface area (Å²) in [5.41, 5.74) is 5.21. The summed E-state index contributed by atoms with van der Waals surface area (Å²) in [5, 5.41) is 0. The van der Waals surface area contributed by atoms with E-state index in [9.17, 15) is 27.4 Å². The van der Waals surface area contributed by atoms with Crippen molar-refractivity contribution >= 4 is 41.5 Å². The van der Waals surface area contributed by atoms with Gasteiger partial charge in [-0.15, -0.1) is 0 Å². The van der Waals surface area contributed by atoms with Crippen molar-refractivity contribution in [3.8, 4) is 0 Å². The Morgan fingerprint density at radius 2 is 1.86 bits per heavy atom. The molecule has 5 atom stereocenters. The van der Waals surface area contributed by atoms with Gasteiger partial charge in [0.15, 0.2) is 30.3 Å². The normalized spacial score (nSPS) is 27.3. The van der Waals surface area contributed by atoms with Gasteiger partial charge in [-0.2, -0.15) is 13.6 Å². The van der Waals surface area contributed by atoms with E-state index < -0.39 is 60.2 Å². The maximum atomic E-state index is 14.2. The highest BCUT2D eigenvalue weighted by molar-refractivity contribution is 7.71. The molecule has 0 radical (unpaired) electrons. The third kappa shape index (κ3) is 6.42. The third-order valence-electron chi connectivity index (χ3n) is 2.89. The second-order valence-electron chi connectivity index (χ2n) is 5.07. The molecule has 160 valence electrons. The van der Waals surface area contributed by atoms with E-state index in [1.54, 1.807) is 0 Å². The van der Waals surface area contributed by atoms with Gasteiger partial charge >= 0.3 is 23.5 Å². The fourth-order valence-corrected chi connectivity index (χ4v) is 5.34. The van der Waals surface area contributed by atoms with Crippen LogP contribution in [-0.4, -0.2) is 41.6 Å². The number of nitrogens with two attached hydrogens (primary N) is 1. The van der Waals surface area contributed by atoms with Crippen LogP contribution in [0.5, 0.6) is 0 Å². The van der Waals surface area contributed by atoms with Crippen molar-refractivity contribution in [3.63, 3.8) is 0 Å². The van der Waals surface area contributed by atoms with Crippen molar-refractivity contribution in [2.45, 2.75) is 25.1 Å². The van der Waals surface area contributed by atoms with Crippen LogP contribution >= 0.6 is 35.7 Å². The van der Waals surface area contributed by atoms with Crippen molar-refractivity contribution in [3.05, 3.63) is 16.8 Å². The molecular weight excluding hydrogens is 477 g/mol. The molecule has 1 aromatic heterocycles. The number of ether oxygens (including phenoxy) is 1. The van der Waals surface area contributed by atoms with Crippen molar-refractivity contribution in [1.82, 2.24) is 9.55 Å². The average molecular weight is 489 g/mol. The maximum Gasteiger partial charge on any atom is 0.490 e. The predicted octanol–water partition coefficient (Wildman–Crippen LogP) is 1.26. The lowest BCUT2D eigenvalue weighted by atomic mass is 10.3. The first-order valence-electron chi connectivity index (χ1n) is 6.74. The summed E-state index contributed by atoms with van der Waals surface area (Å²) in [4.78, 5) is 38.8. The van der Waals surface area contributed by atoms with Crippen LogP contribution in [0.4, 0.5) is 14.6 Å². The topological polar surface area (TPSA) is 213 Å². The lowest BCUT2D eigenvalue weighted by Crippen LogP contribution is -2.19. The van der Waals surface area contributed by atoms with Gasteiger partial charge in [0.05, 0.1) is 0 Å². The zero-order valence-electron chi connectivity index (χ0n) is 13.1. The summed E-state index contributed by atoms with van der Waals surface area (Å²) in [6, 6.07) is 0. The number of rotatable bonds is 7. The fraction of sp³-hybridized carbons (Fsp3) is 0.500. The average Bonchev–Trinajstić information content (AvgIpc) is 2.78. The summed E-state index contributed by atoms with van der Waals surface area (Å²) in [6.45, 7) is 0. The third-order valence-corrected chi connectivity index (χ3v) is 7.02. The van der Waals surface area contributed by atoms with Gasteiger partial charge in [-0.1, -0.05) is 0 Å². The van der Waals surface area contributed by atoms with Crippen LogP contribution in [0.3, 0.4) is 0 Å². The molecule has 0 amide bonds. The fourth-order valence-electron chi connectivity index (χ4n) is 1.99.